The van der Waals surface area contributed by atoms with Gasteiger partial charge in [0.1, 0.15) is 0 Å². The van der Waals surface area contributed by atoms with Crippen LogP contribution in [0.2, 0.25) is 0 Å². The van der Waals surface area contributed by atoms with Crippen molar-refractivity contribution in [2.45, 2.75) is 27.4 Å². The maximum Gasteiger partial charge on any atom is 0.387 e. The Labute approximate surface area is 167 Å². The number of alkyl halides is 2. The highest BCUT2D eigenvalue weighted by atomic mass is 19.3. The molecule has 8 heteroatoms. The smallest absolute Gasteiger partial charge is 0.387 e. The number of hydrogen-bond acceptors (Lipinski definition) is 4. The number of carbonyl (C=O) groups is 1. The molecule has 0 saturated heterocycles. The van der Waals surface area contributed by atoms with Crippen molar-refractivity contribution in [1.29, 1.82) is 0 Å². The fourth-order valence-electron chi connectivity index (χ4n) is 3.03. The first kappa shape index (κ1) is 20.3. The summed E-state index contributed by atoms with van der Waals surface area (Å²) in [4.78, 5) is 12.9. The highest BCUT2D eigenvalue weighted by molar-refractivity contribution is 6.06. The molecule has 1 heterocycles. The lowest BCUT2D eigenvalue weighted by atomic mass is 10.1. The SMILES string of the molecule is CCOc1cc(NC(=O)c2c(C)nn(-c3ccccc3)c2C)ccc1OC(F)F. The molecule has 0 aliphatic heterocycles. The Morgan fingerprint density at radius 2 is 1.86 bits per heavy atom. The minimum Gasteiger partial charge on any atom is -0.490 e. The molecule has 6 nitrogen and oxygen atoms in total. The topological polar surface area (TPSA) is 65.4 Å². The molecule has 3 rings (SSSR count). The molecule has 152 valence electrons. The molecule has 0 radical (unpaired) electrons. The van der Waals surface area contributed by atoms with Crippen molar-refractivity contribution < 1.29 is 23.0 Å². The molecular weight excluding hydrogens is 380 g/mol. The molecule has 0 aliphatic rings. The summed E-state index contributed by atoms with van der Waals surface area (Å²) in [5, 5.41) is 7.23. The predicted octanol–water partition coefficient (Wildman–Crippen LogP) is 4.74. The Kier molecular flexibility index (Phi) is 6.11. The lowest BCUT2D eigenvalue weighted by Gasteiger charge is -2.13. The number of aromatic nitrogens is 2. The molecule has 1 aromatic heterocycles. The van der Waals surface area contributed by atoms with Gasteiger partial charge in [-0.2, -0.15) is 13.9 Å². The van der Waals surface area contributed by atoms with Crippen LogP contribution in [0.3, 0.4) is 0 Å². The molecule has 1 N–H and O–H groups in total. The first-order chi connectivity index (χ1) is 13.9. The van der Waals surface area contributed by atoms with Crippen LogP contribution in [0.4, 0.5) is 14.5 Å². The second kappa shape index (κ2) is 8.72. The third-order valence-electron chi connectivity index (χ3n) is 4.24. The van der Waals surface area contributed by atoms with Crippen LogP contribution in [0, 0.1) is 13.8 Å². The summed E-state index contributed by atoms with van der Waals surface area (Å²) >= 11 is 0. The number of amides is 1. The van der Waals surface area contributed by atoms with E-state index in [2.05, 4.69) is 15.2 Å². The molecule has 0 fully saturated rings. The summed E-state index contributed by atoms with van der Waals surface area (Å²) in [6.07, 6.45) is 0. The number of benzene rings is 2. The largest absolute Gasteiger partial charge is 0.490 e. The molecule has 2 aromatic carbocycles. The van der Waals surface area contributed by atoms with E-state index in [0.717, 1.165) is 5.69 Å². The first-order valence-electron chi connectivity index (χ1n) is 9.05. The molecule has 0 atom stereocenters. The molecule has 1 amide bonds. The van der Waals surface area contributed by atoms with E-state index in [0.29, 0.717) is 22.6 Å². The molecule has 29 heavy (non-hydrogen) atoms. The van der Waals surface area contributed by atoms with E-state index in [1.165, 1.54) is 18.2 Å². The molecule has 0 aliphatic carbocycles. The van der Waals surface area contributed by atoms with Crippen LogP contribution in [0.5, 0.6) is 11.5 Å². The van der Waals surface area contributed by atoms with E-state index in [-0.39, 0.29) is 24.0 Å². The lowest BCUT2D eigenvalue weighted by Crippen LogP contribution is -2.14. The van der Waals surface area contributed by atoms with Crippen molar-refractivity contribution in [2.75, 3.05) is 11.9 Å². The van der Waals surface area contributed by atoms with Gasteiger partial charge in [0.15, 0.2) is 11.5 Å². The fourth-order valence-corrected chi connectivity index (χ4v) is 3.03. The van der Waals surface area contributed by atoms with Crippen molar-refractivity contribution in [3.8, 4) is 17.2 Å². The van der Waals surface area contributed by atoms with Crippen LogP contribution in [-0.4, -0.2) is 28.9 Å². The van der Waals surface area contributed by atoms with Crippen molar-refractivity contribution in [3.63, 3.8) is 0 Å². The van der Waals surface area contributed by atoms with Crippen molar-refractivity contribution >= 4 is 11.6 Å². The van der Waals surface area contributed by atoms with Gasteiger partial charge in [0, 0.05) is 11.8 Å². The fraction of sp³-hybridized carbons (Fsp3) is 0.238. The van der Waals surface area contributed by atoms with Crippen LogP contribution in [0.1, 0.15) is 28.7 Å². The van der Waals surface area contributed by atoms with Gasteiger partial charge in [-0.05, 0) is 45.0 Å². The number of ether oxygens (including phenoxy) is 2. The van der Waals surface area contributed by atoms with Crippen LogP contribution in [-0.2, 0) is 0 Å². The second-order valence-corrected chi connectivity index (χ2v) is 6.22. The van der Waals surface area contributed by atoms with Gasteiger partial charge in [-0.1, -0.05) is 18.2 Å². The normalized spacial score (nSPS) is 10.8. The highest BCUT2D eigenvalue weighted by Gasteiger charge is 2.20. The minimum atomic E-state index is -2.97. The van der Waals surface area contributed by atoms with Gasteiger partial charge in [0.05, 0.1) is 29.2 Å². The lowest BCUT2D eigenvalue weighted by molar-refractivity contribution is -0.0514. The van der Waals surface area contributed by atoms with Crippen LogP contribution in [0.15, 0.2) is 48.5 Å². The van der Waals surface area contributed by atoms with E-state index in [1.807, 2.05) is 37.3 Å². The quantitative estimate of drug-likeness (QED) is 0.621. The van der Waals surface area contributed by atoms with Crippen molar-refractivity contribution in [2.24, 2.45) is 0 Å². The van der Waals surface area contributed by atoms with E-state index in [4.69, 9.17) is 4.74 Å². The van der Waals surface area contributed by atoms with Gasteiger partial charge in [-0.3, -0.25) is 4.79 Å². The number of carbonyl (C=O) groups excluding carboxylic acids is 1. The van der Waals surface area contributed by atoms with Gasteiger partial charge in [-0.15, -0.1) is 0 Å². The number of aryl methyl sites for hydroxylation is 1. The second-order valence-electron chi connectivity index (χ2n) is 6.22. The maximum absolute atomic E-state index is 12.9. The number of rotatable bonds is 7. The Morgan fingerprint density at radius 1 is 1.14 bits per heavy atom. The monoisotopic (exact) mass is 401 g/mol. The Balaban J connectivity index is 1.87. The summed E-state index contributed by atoms with van der Waals surface area (Å²) in [7, 11) is 0. The van der Waals surface area contributed by atoms with E-state index in [9.17, 15) is 13.6 Å². The number of anilines is 1. The number of halogens is 2. The maximum atomic E-state index is 12.9. The first-order valence-corrected chi connectivity index (χ1v) is 9.05. The standard InChI is InChI=1S/C21H21F2N3O3/c1-4-28-18-12-15(10-11-17(18)29-21(22)23)24-20(27)19-13(2)25-26(14(19)3)16-8-6-5-7-9-16/h5-12,21H,4H2,1-3H3,(H,24,27). The van der Waals surface area contributed by atoms with Gasteiger partial charge in [-0.25, -0.2) is 4.68 Å². The van der Waals surface area contributed by atoms with Gasteiger partial charge >= 0.3 is 6.61 Å². The zero-order valence-corrected chi connectivity index (χ0v) is 16.3. The van der Waals surface area contributed by atoms with Crippen LogP contribution >= 0.6 is 0 Å². The zero-order chi connectivity index (χ0) is 21.0. The molecule has 0 unspecified atom stereocenters. The summed E-state index contributed by atoms with van der Waals surface area (Å²) in [6, 6.07) is 13.7. The third kappa shape index (κ3) is 4.53. The summed E-state index contributed by atoms with van der Waals surface area (Å²) in [5.41, 5.74) is 2.95. The number of hydrogen-bond donors (Lipinski definition) is 1. The average Bonchev–Trinajstić information content (AvgIpc) is 2.98. The zero-order valence-electron chi connectivity index (χ0n) is 16.3. The summed E-state index contributed by atoms with van der Waals surface area (Å²) in [6.45, 7) is 2.59. The Bertz CT molecular complexity index is 1000. The Hall–Kier alpha value is -3.42. The number of nitrogens with one attached hydrogen (secondary N) is 1. The third-order valence-corrected chi connectivity index (χ3v) is 4.24. The van der Waals surface area contributed by atoms with E-state index < -0.39 is 6.61 Å². The van der Waals surface area contributed by atoms with E-state index >= 15 is 0 Å². The predicted molar refractivity (Wildman–Crippen MR) is 105 cm³/mol. The van der Waals surface area contributed by atoms with Crippen molar-refractivity contribution in [3.05, 3.63) is 65.5 Å². The van der Waals surface area contributed by atoms with Crippen LogP contribution < -0.4 is 14.8 Å². The molecule has 0 spiro atoms. The van der Waals surface area contributed by atoms with E-state index in [1.54, 1.807) is 18.5 Å². The molecule has 0 bridgehead atoms. The molecule has 0 saturated carbocycles. The minimum absolute atomic E-state index is 0.0934. The highest BCUT2D eigenvalue weighted by Crippen LogP contribution is 2.32. The van der Waals surface area contributed by atoms with Gasteiger partial charge in [0.25, 0.3) is 5.91 Å². The van der Waals surface area contributed by atoms with Gasteiger partial charge < -0.3 is 14.8 Å². The summed E-state index contributed by atoms with van der Waals surface area (Å²) < 4.78 is 36.6. The molecular formula is C21H21F2N3O3. The van der Waals surface area contributed by atoms with Gasteiger partial charge in [0.2, 0.25) is 0 Å². The van der Waals surface area contributed by atoms with Crippen LogP contribution in [0.25, 0.3) is 5.69 Å². The number of nitrogens with zero attached hydrogens (tertiary/aromatic N) is 2. The average molecular weight is 401 g/mol. The summed E-state index contributed by atoms with van der Waals surface area (Å²) in [5.74, 6) is -0.324. The van der Waals surface area contributed by atoms with Crippen molar-refractivity contribution in [1.82, 2.24) is 9.78 Å². The Morgan fingerprint density at radius 3 is 2.52 bits per heavy atom. The number of para-hydroxylation sites is 1. The molecule has 3 aromatic rings.